The Morgan fingerprint density at radius 1 is 1.45 bits per heavy atom. The second-order valence-corrected chi connectivity index (χ2v) is 4.88. The second kappa shape index (κ2) is 6.69. The average Bonchev–Trinajstić information content (AvgIpc) is 2.82. The number of aromatic nitrogens is 1. The molecule has 0 saturated carbocycles. The van der Waals surface area contributed by atoms with Crippen LogP contribution in [-0.2, 0) is 15.8 Å². The summed E-state index contributed by atoms with van der Waals surface area (Å²) in [6.07, 6.45) is -4.69. The molecule has 1 heterocycles. The van der Waals surface area contributed by atoms with Crippen molar-refractivity contribution in [2.24, 2.45) is 0 Å². The molecule has 1 aromatic heterocycles. The highest BCUT2D eigenvalue weighted by molar-refractivity contribution is 7.09. The first-order valence-electron chi connectivity index (χ1n) is 5.77. The molecule has 0 aliphatic rings. The topological polar surface area (TPSA) is 79.3 Å². The molecule has 1 aromatic rings. The molecule has 1 amide bonds. The van der Waals surface area contributed by atoms with Crippen LogP contribution in [0.3, 0.4) is 0 Å². The van der Waals surface area contributed by atoms with Gasteiger partial charge in [0.25, 0.3) is 0 Å². The molecule has 0 aliphatic heterocycles. The van der Waals surface area contributed by atoms with Gasteiger partial charge in [-0.05, 0) is 6.42 Å². The van der Waals surface area contributed by atoms with E-state index in [1.165, 1.54) is 0 Å². The third-order valence-corrected chi connectivity index (χ3v) is 3.38. The van der Waals surface area contributed by atoms with Crippen LogP contribution in [0.1, 0.15) is 42.9 Å². The summed E-state index contributed by atoms with van der Waals surface area (Å²) >= 11 is 0.813. The van der Waals surface area contributed by atoms with Crippen molar-refractivity contribution in [3.05, 3.63) is 16.1 Å². The van der Waals surface area contributed by atoms with Crippen molar-refractivity contribution in [1.29, 1.82) is 0 Å². The number of halogens is 3. The summed E-state index contributed by atoms with van der Waals surface area (Å²) in [5.41, 5.74) is -0.990. The molecule has 1 unspecified atom stereocenters. The van der Waals surface area contributed by atoms with Crippen LogP contribution in [0.2, 0.25) is 0 Å². The number of carbonyl (C=O) groups excluding carboxylic acids is 1. The minimum Gasteiger partial charge on any atom is -0.481 e. The van der Waals surface area contributed by atoms with Crippen LogP contribution in [0.25, 0.3) is 0 Å². The number of hydrogen-bond acceptors (Lipinski definition) is 4. The number of alkyl halides is 3. The number of carboxylic acid groups (broad SMARTS) is 1. The molecular formula is C11H13F3N2O3S. The van der Waals surface area contributed by atoms with Gasteiger partial charge < -0.3 is 10.4 Å². The summed E-state index contributed by atoms with van der Waals surface area (Å²) in [6.45, 7) is 1.69. The van der Waals surface area contributed by atoms with Gasteiger partial charge >= 0.3 is 12.1 Å². The highest BCUT2D eigenvalue weighted by Crippen LogP contribution is 2.32. The first-order chi connectivity index (χ1) is 9.24. The number of carboxylic acids is 1. The molecule has 0 spiro atoms. The van der Waals surface area contributed by atoms with E-state index in [4.69, 9.17) is 5.11 Å². The highest BCUT2D eigenvalue weighted by atomic mass is 32.1. The standard InChI is InChI=1S/C11H13F3N2O3S/c1-2-6(15-8(17)3-4-9(18)19)10-16-7(5-20-10)11(12,13)14/h5-6H,2-4H2,1H3,(H,15,17)(H,18,19). The summed E-state index contributed by atoms with van der Waals surface area (Å²) in [7, 11) is 0. The summed E-state index contributed by atoms with van der Waals surface area (Å²) in [6, 6.07) is -0.641. The number of thiazole rings is 1. The van der Waals surface area contributed by atoms with Crippen LogP contribution in [0.4, 0.5) is 13.2 Å². The highest BCUT2D eigenvalue weighted by Gasteiger charge is 2.34. The Kier molecular flexibility index (Phi) is 5.49. The number of nitrogens with zero attached hydrogens (tertiary/aromatic N) is 1. The first-order valence-corrected chi connectivity index (χ1v) is 6.65. The fourth-order valence-corrected chi connectivity index (χ4v) is 2.36. The molecule has 1 atom stereocenters. The lowest BCUT2D eigenvalue weighted by molar-refractivity contribution is -0.141. The quantitative estimate of drug-likeness (QED) is 0.846. The maximum absolute atomic E-state index is 12.4. The Hall–Kier alpha value is -1.64. The number of aliphatic carboxylic acids is 1. The van der Waals surface area contributed by atoms with Crippen molar-refractivity contribution in [3.8, 4) is 0 Å². The molecule has 112 valence electrons. The maximum atomic E-state index is 12.4. The summed E-state index contributed by atoms with van der Waals surface area (Å²) in [5, 5.41) is 12.0. The predicted molar refractivity (Wildman–Crippen MR) is 65.2 cm³/mol. The molecular weight excluding hydrogens is 297 g/mol. The van der Waals surface area contributed by atoms with Gasteiger partial charge in [-0.1, -0.05) is 6.92 Å². The Morgan fingerprint density at radius 3 is 2.55 bits per heavy atom. The number of hydrogen-bond donors (Lipinski definition) is 2. The Morgan fingerprint density at radius 2 is 2.10 bits per heavy atom. The van der Waals surface area contributed by atoms with Crippen molar-refractivity contribution < 1.29 is 27.9 Å². The van der Waals surface area contributed by atoms with Gasteiger partial charge in [0.1, 0.15) is 5.01 Å². The third kappa shape index (κ3) is 4.80. The number of nitrogens with one attached hydrogen (secondary N) is 1. The van der Waals surface area contributed by atoms with E-state index in [2.05, 4.69) is 10.3 Å². The van der Waals surface area contributed by atoms with Gasteiger partial charge in [-0.25, -0.2) is 4.98 Å². The van der Waals surface area contributed by atoms with E-state index in [0.29, 0.717) is 6.42 Å². The number of rotatable bonds is 6. The van der Waals surface area contributed by atoms with Crippen molar-refractivity contribution in [1.82, 2.24) is 10.3 Å². The van der Waals surface area contributed by atoms with E-state index in [0.717, 1.165) is 16.7 Å². The normalized spacial score (nSPS) is 13.0. The van der Waals surface area contributed by atoms with Crippen LogP contribution in [-0.4, -0.2) is 22.0 Å². The molecule has 9 heteroatoms. The van der Waals surface area contributed by atoms with Crippen molar-refractivity contribution in [3.63, 3.8) is 0 Å². The van der Waals surface area contributed by atoms with Gasteiger partial charge in [0.2, 0.25) is 5.91 Å². The zero-order valence-corrected chi connectivity index (χ0v) is 11.3. The summed E-state index contributed by atoms with van der Waals surface area (Å²) in [4.78, 5) is 25.3. The molecule has 5 nitrogen and oxygen atoms in total. The molecule has 0 aromatic carbocycles. The van der Waals surface area contributed by atoms with Crippen LogP contribution >= 0.6 is 11.3 Å². The predicted octanol–water partition coefficient (Wildman–Crippen LogP) is 2.59. The Labute approximate surface area is 116 Å². The lowest BCUT2D eigenvalue weighted by atomic mass is 10.2. The van der Waals surface area contributed by atoms with Crippen molar-refractivity contribution in [2.75, 3.05) is 0 Å². The van der Waals surface area contributed by atoms with Gasteiger partial charge in [-0.3, -0.25) is 9.59 Å². The molecule has 1 rings (SSSR count). The average molecular weight is 310 g/mol. The van der Waals surface area contributed by atoms with E-state index in [-0.39, 0.29) is 17.8 Å². The van der Waals surface area contributed by atoms with Crippen LogP contribution in [0, 0.1) is 0 Å². The maximum Gasteiger partial charge on any atom is 0.434 e. The smallest absolute Gasteiger partial charge is 0.434 e. The minimum atomic E-state index is -4.51. The number of carbonyl (C=O) groups is 2. The Bertz CT molecular complexity index is 488. The second-order valence-electron chi connectivity index (χ2n) is 3.99. The van der Waals surface area contributed by atoms with Gasteiger partial charge in [0.15, 0.2) is 5.69 Å². The first kappa shape index (κ1) is 16.4. The van der Waals surface area contributed by atoms with Crippen molar-refractivity contribution in [2.45, 2.75) is 38.4 Å². The zero-order valence-electron chi connectivity index (χ0n) is 10.5. The van der Waals surface area contributed by atoms with Crippen LogP contribution < -0.4 is 5.32 Å². The molecule has 20 heavy (non-hydrogen) atoms. The lowest BCUT2D eigenvalue weighted by Crippen LogP contribution is -2.28. The van der Waals surface area contributed by atoms with E-state index in [1.54, 1.807) is 6.92 Å². The van der Waals surface area contributed by atoms with E-state index < -0.39 is 29.8 Å². The largest absolute Gasteiger partial charge is 0.481 e. The van der Waals surface area contributed by atoms with Gasteiger partial charge in [0.05, 0.1) is 12.5 Å². The molecule has 0 saturated heterocycles. The molecule has 0 bridgehead atoms. The minimum absolute atomic E-state index is 0.156. The van der Waals surface area contributed by atoms with Crippen LogP contribution in [0.5, 0.6) is 0 Å². The molecule has 0 radical (unpaired) electrons. The fraction of sp³-hybridized carbons (Fsp3) is 0.545. The van der Waals surface area contributed by atoms with Crippen molar-refractivity contribution >= 4 is 23.2 Å². The third-order valence-electron chi connectivity index (χ3n) is 2.42. The monoisotopic (exact) mass is 310 g/mol. The van der Waals surface area contributed by atoms with E-state index >= 15 is 0 Å². The Balaban J connectivity index is 2.69. The van der Waals surface area contributed by atoms with E-state index in [9.17, 15) is 22.8 Å². The molecule has 0 aliphatic carbocycles. The summed E-state index contributed by atoms with van der Waals surface area (Å²) < 4.78 is 37.3. The lowest BCUT2D eigenvalue weighted by Gasteiger charge is -2.14. The van der Waals surface area contributed by atoms with Gasteiger partial charge in [0, 0.05) is 11.8 Å². The van der Waals surface area contributed by atoms with Crippen LogP contribution in [0.15, 0.2) is 5.38 Å². The summed E-state index contributed by atoms with van der Waals surface area (Å²) in [5.74, 6) is -1.63. The SMILES string of the molecule is CCC(NC(=O)CCC(=O)O)c1nc(C(F)(F)F)cs1. The fourth-order valence-electron chi connectivity index (χ4n) is 1.40. The van der Waals surface area contributed by atoms with E-state index in [1.807, 2.05) is 0 Å². The van der Waals surface area contributed by atoms with Gasteiger partial charge in [-0.2, -0.15) is 13.2 Å². The van der Waals surface area contributed by atoms with Gasteiger partial charge in [-0.15, -0.1) is 11.3 Å². The molecule has 2 N–H and O–H groups in total. The molecule has 0 fully saturated rings. The zero-order chi connectivity index (χ0) is 15.3. The number of amides is 1.